The summed E-state index contributed by atoms with van der Waals surface area (Å²) in [5, 5.41) is 5.37. The molecule has 0 aliphatic carbocycles. The number of likely N-dealkylation sites (tertiary alicyclic amines) is 1. The summed E-state index contributed by atoms with van der Waals surface area (Å²) < 4.78 is 50.3. The summed E-state index contributed by atoms with van der Waals surface area (Å²) in [6.07, 6.45) is -0.755. The molecule has 0 unspecified atom stereocenters. The van der Waals surface area contributed by atoms with E-state index in [1.165, 1.54) is 12.1 Å². The number of aryl methyl sites for hydroxylation is 1. The number of ether oxygens (including phenoxy) is 2. The summed E-state index contributed by atoms with van der Waals surface area (Å²) in [5.41, 5.74) is 10.2. The van der Waals surface area contributed by atoms with Gasteiger partial charge in [0.1, 0.15) is 12.4 Å². The number of nitrogens with two attached hydrogens (primary N) is 1. The largest absolute Gasteiger partial charge is 0.573 e. The Balaban J connectivity index is 1.09. The fourth-order valence-electron chi connectivity index (χ4n) is 7.45. The van der Waals surface area contributed by atoms with E-state index in [4.69, 9.17) is 33.7 Å². The highest BCUT2D eigenvalue weighted by Gasteiger charge is 2.38. The number of carbonyl (C=O) groups is 2. The first-order valence-electron chi connectivity index (χ1n) is 19.5. The van der Waals surface area contributed by atoms with Crippen LogP contribution in [0.1, 0.15) is 49.8 Å². The number of benzene rings is 3. The van der Waals surface area contributed by atoms with E-state index in [0.717, 1.165) is 60.3 Å². The van der Waals surface area contributed by atoms with Crippen LogP contribution in [0.2, 0.25) is 10.0 Å². The van der Waals surface area contributed by atoms with Gasteiger partial charge in [0.2, 0.25) is 11.8 Å². The van der Waals surface area contributed by atoms with Crippen molar-refractivity contribution in [3.05, 3.63) is 93.6 Å². The van der Waals surface area contributed by atoms with Gasteiger partial charge in [-0.2, -0.15) is 0 Å². The zero-order valence-electron chi connectivity index (χ0n) is 32.4. The number of fused-ring (bicyclic) bond motifs is 1. The normalized spacial score (nSPS) is 16.7. The van der Waals surface area contributed by atoms with Crippen LogP contribution < -0.4 is 15.8 Å². The molecule has 308 valence electrons. The van der Waals surface area contributed by atoms with Crippen LogP contribution in [0.15, 0.2) is 66.9 Å². The Labute approximate surface area is 341 Å². The third-order valence-electron chi connectivity index (χ3n) is 10.7. The van der Waals surface area contributed by atoms with Gasteiger partial charge in [0.05, 0.1) is 11.1 Å². The molecular formula is C42H51Cl2F3N6O4. The Hall–Kier alpha value is -3.85. The number of rotatable bonds is 15. The lowest BCUT2D eigenvalue weighted by molar-refractivity contribution is -0.274. The van der Waals surface area contributed by atoms with Gasteiger partial charge in [-0.1, -0.05) is 55.2 Å². The summed E-state index contributed by atoms with van der Waals surface area (Å²) in [7, 11) is 0. The molecule has 3 N–H and O–H groups in total. The molecular weight excluding hydrogens is 780 g/mol. The summed E-state index contributed by atoms with van der Waals surface area (Å²) in [6.45, 7) is 10.7. The highest BCUT2D eigenvalue weighted by atomic mass is 35.5. The first-order chi connectivity index (χ1) is 27.2. The number of hydrogen-bond acceptors (Lipinski definition) is 7. The van der Waals surface area contributed by atoms with Gasteiger partial charge in [-0.15, -0.1) is 13.2 Å². The average Bonchev–Trinajstić information content (AvgIpc) is 3.52. The monoisotopic (exact) mass is 830 g/mol. The molecule has 2 fully saturated rings. The van der Waals surface area contributed by atoms with Crippen molar-refractivity contribution in [2.24, 2.45) is 11.7 Å². The Bertz CT molecular complexity index is 1970. The van der Waals surface area contributed by atoms with Crippen molar-refractivity contribution in [3.63, 3.8) is 0 Å². The number of piperazine rings is 1. The molecule has 0 atom stereocenters. The van der Waals surface area contributed by atoms with E-state index in [2.05, 4.69) is 38.1 Å². The molecule has 2 saturated heterocycles. The molecule has 0 spiro atoms. The molecule has 2 aliphatic heterocycles. The minimum Gasteiger partial charge on any atom is -0.406 e. The topological polar surface area (TPSA) is 105 Å². The summed E-state index contributed by atoms with van der Waals surface area (Å²) >= 11 is 12.9. The maximum absolute atomic E-state index is 13.2. The molecule has 10 nitrogen and oxygen atoms in total. The van der Waals surface area contributed by atoms with E-state index in [9.17, 15) is 22.8 Å². The van der Waals surface area contributed by atoms with Gasteiger partial charge in [-0.3, -0.25) is 19.4 Å². The van der Waals surface area contributed by atoms with E-state index < -0.39 is 11.9 Å². The summed E-state index contributed by atoms with van der Waals surface area (Å²) in [6, 6.07) is 17.8. The Morgan fingerprint density at radius 3 is 2.19 bits per heavy atom. The lowest BCUT2D eigenvalue weighted by atomic mass is 9.87. The Kier molecular flexibility index (Phi) is 14.1. The highest BCUT2D eigenvalue weighted by Crippen LogP contribution is 2.31. The molecule has 1 aromatic heterocycles. The summed E-state index contributed by atoms with van der Waals surface area (Å²) in [4.78, 5) is 32.2. The van der Waals surface area contributed by atoms with Gasteiger partial charge in [0.15, 0.2) is 0 Å². The number of nitrogens with zero attached hydrogens (tertiary/aromatic N) is 4. The first-order valence-corrected chi connectivity index (χ1v) is 20.2. The van der Waals surface area contributed by atoms with Crippen LogP contribution in [-0.2, 0) is 33.8 Å². The molecule has 3 aromatic carbocycles. The molecule has 3 heterocycles. The second kappa shape index (κ2) is 18.8. The second-order valence-electron chi connectivity index (χ2n) is 15.5. The molecule has 2 amide bonds. The maximum Gasteiger partial charge on any atom is 0.573 e. The molecule has 4 aromatic rings. The first kappa shape index (κ1) is 42.7. The SMILES string of the molecule is CC(C)COCC(=O)N1CCC(N)(C(=O)NCCCc2cn(-c3ccc(OC(F)(F)F)cc3)c3cc(CN4CCN(Cc5c(Cl)cccc5Cl)CC4)ccc23)CC1. The van der Waals surface area contributed by atoms with Crippen molar-refractivity contribution in [1.82, 2.24) is 24.6 Å². The van der Waals surface area contributed by atoms with Crippen molar-refractivity contribution in [3.8, 4) is 11.4 Å². The average molecular weight is 832 g/mol. The Morgan fingerprint density at radius 1 is 0.912 bits per heavy atom. The van der Waals surface area contributed by atoms with Crippen LogP contribution in [0, 0.1) is 5.92 Å². The lowest BCUT2D eigenvalue weighted by Crippen LogP contribution is -2.60. The minimum atomic E-state index is -4.78. The second-order valence-corrected chi connectivity index (χ2v) is 16.3. The molecule has 0 bridgehead atoms. The number of nitrogens with one attached hydrogen (secondary N) is 1. The Morgan fingerprint density at radius 2 is 1.56 bits per heavy atom. The molecule has 6 rings (SSSR count). The smallest absolute Gasteiger partial charge is 0.406 e. The van der Waals surface area contributed by atoms with Crippen molar-refractivity contribution >= 4 is 45.9 Å². The molecule has 2 aliphatic rings. The van der Waals surface area contributed by atoms with Crippen molar-refractivity contribution in [2.45, 2.75) is 64.5 Å². The van der Waals surface area contributed by atoms with Gasteiger partial charge in [-0.25, -0.2) is 0 Å². The zero-order valence-corrected chi connectivity index (χ0v) is 33.9. The predicted molar refractivity (Wildman–Crippen MR) is 217 cm³/mol. The van der Waals surface area contributed by atoms with Crippen LogP contribution >= 0.6 is 23.2 Å². The minimum absolute atomic E-state index is 0.0249. The van der Waals surface area contributed by atoms with E-state index in [0.29, 0.717) is 80.1 Å². The number of piperidine rings is 1. The van der Waals surface area contributed by atoms with Crippen LogP contribution in [-0.4, -0.2) is 102 Å². The fraction of sp³-hybridized carbons (Fsp3) is 0.476. The van der Waals surface area contributed by atoms with E-state index >= 15 is 0 Å². The van der Waals surface area contributed by atoms with E-state index in [1.807, 2.05) is 42.8 Å². The number of alkyl halides is 3. The number of halogens is 5. The van der Waals surface area contributed by atoms with Crippen LogP contribution in [0.5, 0.6) is 5.75 Å². The van der Waals surface area contributed by atoms with E-state index in [-0.39, 0.29) is 24.2 Å². The van der Waals surface area contributed by atoms with Gasteiger partial charge >= 0.3 is 6.36 Å². The fourth-order valence-corrected chi connectivity index (χ4v) is 7.96. The number of hydrogen-bond donors (Lipinski definition) is 2. The maximum atomic E-state index is 13.2. The molecule has 15 heteroatoms. The third kappa shape index (κ3) is 11.4. The number of amides is 2. The number of carbonyl (C=O) groups excluding carboxylic acids is 2. The quantitative estimate of drug-likeness (QED) is 0.122. The standard InChI is InChI=1S/C42H51Cl2F3N6O4/c1-29(2)27-56-28-39(54)52-17-14-41(48,15-18-52)40(55)49-16-4-5-31-25-53(32-9-11-33(12-10-32)57-42(45,46)47)38-23-30(8-13-34(31)38)24-50-19-21-51(22-20-50)26-35-36(43)6-3-7-37(35)44/h3,6-13,23,25,29H,4-5,14-22,24,26-28,48H2,1-2H3,(H,49,55). The zero-order chi connectivity index (χ0) is 40.7. The van der Waals surface area contributed by atoms with E-state index in [1.54, 1.807) is 17.0 Å². The third-order valence-corrected chi connectivity index (χ3v) is 11.4. The van der Waals surface area contributed by atoms with Crippen molar-refractivity contribution in [2.75, 3.05) is 59.0 Å². The van der Waals surface area contributed by atoms with Crippen molar-refractivity contribution < 1.29 is 32.2 Å². The van der Waals surface area contributed by atoms with Crippen LogP contribution in [0.3, 0.4) is 0 Å². The highest BCUT2D eigenvalue weighted by molar-refractivity contribution is 6.36. The number of aromatic nitrogens is 1. The molecule has 0 saturated carbocycles. The molecule has 57 heavy (non-hydrogen) atoms. The van der Waals surface area contributed by atoms with Crippen molar-refractivity contribution in [1.29, 1.82) is 0 Å². The van der Waals surface area contributed by atoms with Gasteiger partial charge < -0.3 is 30.0 Å². The predicted octanol–water partition coefficient (Wildman–Crippen LogP) is 7.20. The van der Waals surface area contributed by atoms with Gasteiger partial charge in [0.25, 0.3) is 0 Å². The summed E-state index contributed by atoms with van der Waals surface area (Å²) in [5.74, 6) is -0.275. The van der Waals surface area contributed by atoms with Crippen LogP contribution in [0.25, 0.3) is 16.6 Å². The molecule has 0 radical (unpaired) electrons. The van der Waals surface area contributed by atoms with Crippen LogP contribution in [0.4, 0.5) is 13.2 Å². The lowest BCUT2D eigenvalue weighted by Gasteiger charge is -2.38. The van der Waals surface area contributed by atoms with Gasteiger partial charge in [-0.05, 0) is 85.2 Å². The van der Waals surface area contributed by atoms with Gasteiger partial charge in [0, 0.05) is 98.4 Å².